The van der Waals surface area contributed by atoms with Crippen LogP contribution >= 0.6 is 0 Å². The molecule has 1 atom stereocenters. The largest absolute Gasteiger partial charge is 0.344 e. The third-order valence-corrected chi connectivity index (χ3v) is 5.98. The highest BCUT2D eigenvalue weighted by atomic mass is 16.2. The SMILES string of the molecule is Cc1ccc(/C=C/[C@@]23NC(=O)CCN2c2ccc(C)cc2C3(C)C)cc1. The molecule has 134 valence electrons. The van der Waals surface area contributed by atoms with E-state index in [1.165, 1.54) is 22.4 Å². The first-order valence-electron chi connectivity index (χ1n) is 9.29. The molecular weight excluding hydrogens is 320 g/mol. The molecule has 2 aromatic rings. The predicted octanol–water partition coefficient (Wildman–Crippen LogP) is 4.33. The van der Waals surface area contributed by atoms with Crippen molar-refractivity contribution < 1.29 is 4.79 Å². The van der Waals surface area contributed by atoms with Crippen molar-refractivity contribution in [1.82, 2.24) is 5.32 Å². The average Bonchev–Trinajstić information content (AvgIpc) is 2.79. The maximum atomic E-state index is 12.4. The summed E-state index contributed by atoms with van der Waals surface area (Å²) in [4.78, 5) is 14.8. The van der Waals surface area contributed by atoms with Gasteiger partial charge in [0.25, 0.3) is 0 Å². The first kappa shape index (κ1) is 16.9. The van der Waals surface area contributed by atoms with Gasteiger partial charge in [0, 0.05) is 24.1 Å². The molecule has 3 nitrogen and oxygen atoms in total. The third kappa shape index (κ3) is 2.38. The summed E-state index contributed by atoms with van der Waals surface area (Å²) in [6, 6.07) is 15.1. The Labute approximate surface area is 155 Å². The van der Waals surface area contributed by atoms with E-state index < -0.39 is 5.66 Å². The van der Waals surface area contributed by atoms with Crippen molar-refractivity contribution in [3.63, 3.8) is 0 Å². The molecule has 1 fully saturated rings. The maximum absolute atomic E-state index is 12.4. The monoisotopic (exact) mass is 346 g/mol. The van der Waals surface area contributed by atoms with Gasteiger partial charge < -0.3 is 10.2 Å². The van der Waals surface area contributed by atoms with Gasteiger partial charge in [0.15, 0.2) is 0 Å². The van der Waals surface area contributed by atoms with Gasteiger partial charge in [-0.05, 0) is 37.1 Å². The van der Waals surface area contributed by atoms with Crippen LogP contribution in [0.15, 0.2) is 48.5 Å². The number of anilines is 1. The second-order valence-corrected chi connectivity index (χ2v) is 8.11. The van der Waals surface area contributed by atoms with Crippen molar-refractivity contribution in [2.45, 2.75) is 45.2 Å². The Bertz CT molecular complexity index is 895. The summed E-state index contributed by atoms with van der Waals surface area (Å²) in [5, 5.41) is 3.33. The topological polar surface area (TPSA) is 32.3 Å². The van der Waals surface area contributed by atoms with Crippen molar-refractivity contribution >= 4 is 17.7 Å². The molecule has 26 heavy (non-hydrogen) atoms. The van der Waals surface area contributed by atoms with Crippen LogP contribution in [0.3, 0.4) is 0 Å². The Morgan fingerprint density at radius 1 is 1.04 bits per heavy atom. The zero-order valence-electron chi connectivity index (χ0n) is 16.0. The van der Waals surface area contributed by atoms with Crippen LogP contribution in [0.5, 0.6) is 0 Å². The molecule has 1 saturated heterocycles. The summed E-state index contributed by atoms with van der Waals surface area (Å²) in [6.07, 6.45) is 4.85. The molecule has 0 unspecified atom stereocenters. The zero-order chi connectivity index (χ0) is 18.5. The number of benzene rings is 2. The predicted molar refractivity (Wildman–Crippen MR) is 107 cm³/mol. The lowest BCUT2D eigenvalue weighted by Crippen LogP contribution is -2.68. The first-order valence-corrected chi connectivity index (χ1v) is 9.29. The van der Waals surface area contributed by atoms with E-state index in [0.29, 0.717) is 6.42 Å². The Hall–Kier alpha value is -2.55. The highest BCUT2D eigenvalue weighted by molar-refractivity contribution is 5.84. The summed E-state index contributed by atoms with van der Waals surface area (Å²) in [5.74, 6) is 0.118. The molecule has 0 aromatic heterocycles. The fourth-order valence-electron chi connectivity index (χ4n) is 4.36. The van der Waals surface area contributed by atoms with Crippen LogP contribution in [-0.2, 0) is 10.2 Å². The Kier molecular flexibility index (Phi) is 3.72. The van der Waals surface area contributed by atoms with E-state index in [1.807, 2.05) is 0 Å². The van der Waals surface area contributed by atoms with E-state index in [2.05, 4.69) is 92.5 Å². The number of nitrogens with zero attached hydrogens (tertiary/aromatic N) is 1. The van der Waals surface area contributed by atoms with E-state index in [-0.39, 0.29) is 11.3 Å². The van der Waals surface area contributed by atoms with Crippen LogP contribution in [0, 0.1) is 13.8 Å². The summed E-state index contributed by atoms with van der Waals surface area (Å²) in [7, 11) is 0. The minimum Gasteiger partial charge on any atom is -0.344 e. The Balaban J connectivity index is 1.84. The van der Waals surface area contributed by atoms with E-state index in [4.69, 9.17) is 0 Å². The van der Waals surface area contributed by atoms with Gasteiger partial charge in [-0.3, -0.25) is 4.79 Å². The number of carbonyl (C=O) groups is 1. The average molecular weight is 346 g/mol. The molecule has 1 amide bonds. The number of amides is 1. The van der Waals surface area contributed by atoms with Crippen LogP contribution in [0.1, 0.15) is 42.5 Å². The number of carbonyl (C=O) groups excluding carboxylic acids is 1. The molecule has 1 N–H and O–H groups in total. The van der Waals surface area contributed by atoms with E-state index in [1.54, 1.807) is 0 Å². The van der Waals surface area contributed by atoms with Crippen LogP contribution in [0.4, 0.5) is 5.69 Å². The lowest BCUT2D eigenvalue weighted by atomic mass is 9.74. The Morgan fingerprint density at radius 2 is 1.73 bits per heavy atom. The number of hydrogen-bond donors (Lipinski definition) is 1. The van der Waals surface area contributed by atoms with E-state index >= 15 is 0 Å². The number of rotatable bonds is 2. The minimum absolute atomic E-state index is 0.118. The summed E-state index contributed by atoms with van der Waals surface area (Å²) in [5.41, 5.74) is 5.40. The molecule has 2 aliphatic heterocycles. The molecule has 0 saturated carbocycles. The van der Waals surface area contributed by atoms with Gasteiger partial charge in [-0.15, -0.1) is 0 Å². The molecule has 0 spiro atoms. The van der Waals surface area contributed by atoms with Gasteiger partial charge in [0.1, 0.15) is 5.66 Å². The fourth-order valence-corrected chi connectivity index (χ4v) is 4.36. The number of fused-ring (bicyclic) bond motifs is 3. The van der Waals surface area contributed by atoms with Gasteiger partial charge >= 0.3 is 0 Å². The normalized spacial score (nSPS) is 23.7. The molecule has 4 rings (SSSR count). The molecule has 0 radical (unpaired) electrons. The van der Waals surface area contributed by atoms with E-state index in [9.17, 15) is 4.79 Å². The molecule has 0 aliphatic carbocycles. The fraction of sp³-hybridized carbons (Fsp3) is 0.348. The van der Waals surface area contributed by atoms with Gasteiger partial charge in [-0.1, -0.05) is 67.4 Å². The zero-order valence-corrected chi connectivity index (χ0v) is 16.0. The van der Waals surface area contributed by atoms with Gasteiger partial charge in [0.05, 0.1) is 0 Å². The highest BCUT2D eigenvalue weighted by Gasteiger charge is 2.57. The maximum Gasteiger partial charge on any atom is 0.223 e. The van der Waals surface area contributed by atoms with Crippen LogP contribution in [0.2, 0.25) is 0 Å². The smallest absolute Gasteiger partial charge is 0.223 e. The van der Waals surface area contributed by atoms with Gasteiger partial charge in [-0.25, -0.2) is 0 Å². The van der Waals surface area contributed by atoms with E-state index in [0.717, 1.165) is 12.1 Å². The molecule has 2 aromatic carbocycles. The molecule has 2 heterocycles. The molecule has 3 heteroatoms. The Morgan fingerprint density at radius 3 is 2.46 bits per heavy atom. The van der Waals surface area contributed by atoms with Gasteiger partial charge in [0.2, 0.25) is 5.91 Å². The van der Waals surface area contributed by atoms with Crippen molar-refractivity contribution in [1.29, 1.82) is 0 Å². The lowest BCUT2D eigenvalue weighted by Gasteiger charge is -2.49. The quantitative estimate of drug-likeness (QED) is 0.878. The van der Waals surface area contributed by atoms with Crippen LogP contribution in [-0.4, -0.2) is 18.1 Å². The second-order valence-electron chi connectivity index (χ2n) is 8.11. The van der Waals surface area contributed by atoms with Crippen molar-refractivity contribution in [3.8, 4) is 0 Å². The minimum atomic E-state index is -0.538. The second kappa shape index (κ2) is 5.73. The van der Waals surface area contributed by atoms with Crippen LogP contribution < -0.4 is 10.2 Å². The summed E-state index contributed by atoms with van der Waals surface area (Å²) in [6.45, 7) is 9.42. The lowest BCUT2D eigenvalue weighted by molar-refractivity contribution is -0.124. The summed E-state index contributed by atoms with van der Waals surface area (Å²) < 4.78 is 0. The van der Waals surface area contributed by atoms with Crippen molar-refractivity contribution in [3.05, 3.63) is 70.8 Å². The highest BCUT2D eigenvalue weighted by Crippen LogP contribution is 2.52. The van der Waals surface area contributed by atoms with Crippen molar-refractivity contribution in [2.24, 2.45) is 0 Å². The molecule has 0 bridgehead atoms. The number of nitrogens with one attached hydrogen (secondary N) is 1. The number of hydrogen-bond acceptors (Lipinski definition) is 2. The summed E-state index contributed by atoms with van der Waals surface area (Å²) >= 11 is 0. The molecule has 2 aliphatic rings. The van der Waals surface area contributed by atoms with Crippen molar-refractivity contribution in [2.75, 3.05) is 11.4 Å². The molecular formula is C23H26N2O. The van der Waals surface area contributed by atoms with Crippen LogP contribution in [0.25, 0.3) is 6.08 Å². The first-order chi connectivity index (χ1) is 12.3. The third-order valence-electron chi connectivity index (χ3n) is 5.98. The number of aryl methyl sites for hydroxylation is 2. The van der Waals surface area contributed by atoms with Gasteiger partial charge in [-0.2, -0.15) is 0 Å². The standard InChI is InChI=1S/C23H26N2O/c1-16-5-8-18(9-6-16)11-13-23-22(3,4)19-15-17(2)7-10-20(19)25(23)14-12-21(26)24-23/h5-11,13,15H,12,14H2,1-4H3,(H,24,26)/b13-11+/t23-/m1/s1.